The van der Waals surface area contributed by atoms with Gasteiger partial charge in [0.1, 0.15) is 6.54 Å². The topological polar surface area (TPSA) is 66.5 Å². The molecule has 3 rings (SSSR count). The summed E-state index contributed by atoms with van der Waals surface area (Å²) in [6.45, 7) is 1.53. The molecule has 0 aromatic heterocycles. The number of fused-ring (bicyclic) bond motifs is 1. The fourth-order valence-corrected chi connectivity index (χ4v) is 3.79. The molecule has 0 saturated heterocycles. The second-order valence-corrected chi connectivity index (χ2v) is 8.04. The Labute approximate surface area is 153 Å². The molecule has 0 aliphatic rings. The zero-order valence-corrected chi connectivity index (χ0v) is 15.5. The Hall–Kier alpha value is -2.86. The number of para-hydroxylation sites is 1. The summed E-state index contributed by atoms with van der Waals surface area (Å²) in [7, 11) is -3.60. The van der Waals surface area contributed by atoms with E-state index in [0.29, 0.717) is 11.4 Å². The highest BCUT2D eigenvalue weighted by molar-refractivity contribution is 7.92. The van der Waals surface area contributed by atoms with Gasteiger partial charge in [0.15, 0.2) is 0 Å². The Morgan fingerprint density at radius 1 is 0.962 bits per heavy atom. The molecule has 0 fully saturated rings. The van der Waals surface area contributed by atoms with Gasteiger partial charge in [-0.25, -0.2) is 8.42 Å². The van der Waals surface area contributed by atoms with Crippen molar-refractivity contribution in [3.63, 3.8) is 0 Å². The summed E-state index contributed by atoms with van der Waals surface area (Å²) in [5.41, 5.74) is 1.95. The molecule has 0 spiro atoms. The number of sulfonamides is 1. The summed E-state index contributed by atoms with van der Waals surface area (Å²) in [6.07, 6.45) is 1.10. The molecule has 0 unspecified atom stereocenters. The molecule has 0 aliphatic carbocycles. The van der Waals surface area contributed by atoms with Crippen molar-refractivity contribution < 1.29 is 13.2 Å². The molecule has 3 aromatic carbocycles. The molecule has 0 saturated carbocycles. The first-order valence-corrected chi connectivity index (χ1v) is 10.0. The smallest absolute Gasteiger partial charge is 0.245 e. The molecule has 1 amide bonds. The maximum Gasteiger partial charge on any atom is 0.245 e. The van der Waals surface area contributed by atoms with Gasteiger partial charge in [0.05, 0.1) is 11.9 Å². The van der Waals surface area contributed by atoms with E-state index in [4.69, 9.17) is 0 Å². The Balaban J connectivity index is 1.88. The van der Waals surface area contributed by atoms with Gasteiger partial charge in [0.25, 0.3) is 0 Å². The third-order valence-corrected chi connectivity index (χ3v) is 5.26. The lowest BCUT2D eigenvalue weighted by Crippen LogP contribution is -2.37. The molecule has 1 N–H and O–H groups in total. The zero-order chi connectivity index (χ0) is 18.7. The number of aryl methyl sites for hydroxylation is 1. The fraction of sp³-hybridized carbons (Fsp3) is 0.150. The highest BCUT2D eigenvalue weighted by Gasteiger charge is 2.22. The van der Waals surface area contributed by atoms with Crippen LogP contribution in [0.4, 0.5) is 11.4 Å². The average molecular weight is 368 g/mol. The van der Waals surface area contributed by atoms with E-state index in [9.17, 15) is 13.2 Å². The van der Waals surface area contributed by atoms with E-state index >= 15 is 0 Å². The third-order valence-electron chi connectivity index (χ3n) is 4.14. The number of nitrogens with zero attached hydrogens (tertiary/aromatic N) is 1. The van der Waals surface area contributed by atoms with Crippen LogP contribution in [-0.2, 0) is 14.8 Å². The SMILES string of the molecule is Cc1ccccc1N(CC(=O)Nc1cccc2ccccc12)S(C)(=O)=O. The van der Waals surface area contributed by atoms with Crippen molar-refractivity contribution in [1.29, 1.82) is 0 Å². The summed E-state index contributed by atoms with van der Waals surface area (Å²) in [4.78, 5) is 12.6. The highest BCUT2D eigenvalue weighted by atomic mass is 32.2. The van der Waals surface area contributed by atoms with Gasteiger partial charge >= 0.3 is 0 Å². The molecule has 134 valence electrons. The standard InChI is InChI=1S/C20H20N2O3S/c1-15-8-3-6-13-19(15)22(26(2,24)25)14-20(23)21-18-12-7-10-16-9-4-5-11-17(16)18/h3-13H,14H2,1-2H3,(H,21,23). The maximum absolute atomic E-state index is 12.6. The van der Waals surface area contributed by atoms with Crippen LogP contribution in [0.5, 0.6) is 0 Å². The molecule has 6 heteroatoms. The zero-order valence-electron chi connectivity index (χ0n) is 14.6. The molecule has 0 atom stereocenters. The van der Waals surface area contributed by atoms with Crippen molar-refractivity contribution >= 4 is 38.1 Å². The van der Waals surface area contributed by atoms with Gasteiger partial charge in [-0.1, -0.05) is 54.6 Å². The van der Waals surface area contributed by atoms with Crippen molar-refractivity contribution in [3.8, 4) is 0 Å². The number of hydrogen-bond acceptors (Lipinski definition) is 3. The second kappa shape index (κ2) is 7.17. The van der Waals surface area contributed by atoms with Crippen LogP contribution in [0.1, 0.15) is 5.56 Å². The molecular formula is C20H20N2O3S. The molecule has 0 radical (unpaired) electrons. The first-order chi connectivity index (χ1) is 12.4. The van der Waals surface area contributed by atoms with Gasteiger partial charge in [0.2, 0.25) is 15.9 Å². The van der Waals surface area contributed by atoms with Crippen LogP contribution in [0.25, 0.3) is 10.8 Å². The number of amides is 1. The van der Waals surface area contributed by atoms with Gasteiger partial charge in [-0.2, -0.15) is 0 Å². The minimum atomic E-state index is -3.60. The Morgan fingerprint density at radius 2 is 1.62 bits per heavy atom. The third kappa shape index (κ3) is 3.86. The van der Waals surface area contributed by atoms with Gasteiger partial charge in [0, 0.05) is 11.1 Å². The monoisotopic (exact) mass is 368 g/mol. The van der Waals surface area contributed by atoms with Gasteiger partial charge in [-0.3, -0.25) is 9.10 Å². The second-order valence-electron chi connectivity index (χ2n) is 6.13. The summed E-state index contributed by atoms with van der Waals surface area (Å²) in [6, 6.07) is 20.4. The minimum absolute atomic E-state index is 0.285. The predicted molar refractivity (Wildman–Crippen MR) is 106 cm³/mol. The minimum Gasteiger partial charge on any atom is -0.324 e. The quantitative estimate of drug-likeness (QED) is 0.749. The van der Waals surface area contributed by atoms with Crippen molar-refractivity contribution in [2.45, 2.75) is 6.92 Å². The highest BCUT2D eigenvalue weighted by Crippen LogP contribution is 2.24. The molecule has 3 aromatic rings. The van der Waals surface area contributed by atoms with E-state index in [-0.39, 0.29) is 6.54 Å². The Bertz CT molecular complexity index is 1060. The van der Waals surface area contributed by atoms with E-state index < -0.39 is 15.9 Å². The molecule has 0 aliphatic heterocycles. The number of carbonyl (C=O) groups is 1. The molecule has 0 bridgehead atoms. The predicted octanol–water partition coefficient (Wildman–Crippen LogP) is 3.55. The van der Waals surface area contributed by atoms with E-state index in [1.807, 2.05) is 55.5 Å². The summed E-state index contributed by atoms with van der Waals surface area (Å²) in [5, 5.41) is 4.74. The lowest BCUT2D eigenvalue weighted by Gasteiger charge is -2.23. The summed E-state index contributed by atoms with van der Waals surface area (Å²) in [5.74, 6) is -0.393. The Kier molecular flexibility index (Phi) is 4.95. The van der Waals surface area contributed by atoms with Gasteiger partial charge in [-0.15, -0.1) is 0 Å². The summed E-state index contributed by atoms with van der Waals surface area (Å²) >= 11 is 0. The van der Waals surface area contributed by atoms with Crippen LogP contribution in [0.15, 0.2) is 66.7 Å². The number of anilines is 2. The van der Waals surface area contributed by atoms with E-state index in [2.05, 4.69) is 5.32 Å². The summed E-state index contributed by atoms with van der Waals surface area (Å²) < 4.78 is 25.6. The lowest BCUT2D eigenvalue weighted by atomic mass is 10.1. The molecular weight excluding hydrogens is 348 g/mol. The normalized spacial score (nSPS) is 11.3. The van der Waals surface area contributed by atoms with E-state index in [1.54, 1.807) is 18.2 Å². The number of rotatable bonds is 5. The van der Waals surface area contributed by atoms with Crippen molar-refractivity contribution in [2.75, 3.05) is 22.4 Å². The van der Waals surface area contributed by atoms with E-state index in [1.165, 1.54) is 0 Å². The number of benzene rings is 3. The fourth-order valence-electron chi connectivity index (χ4n) is 2.88. The molecule has 0 heterocycles. The molecule has 26 heavy (non-hydrogen) atoms. The van der Waals surface area contributed by atoms with Crippen LogP contribution in [0.3, 0.4) is 0 Å². The van der Waals surface area contributed by atoms with Crippen LogP contribution in [0, 0.1) is 6.92 Å². The lowest BCUT2D eigenvalue weighted by molar-refractivity contribution is -0.114. The van der Waals surface area contributed by atoms with Gasteiger partial charge in [-0.05, 0) is 30.0 Å². The van der Waals surface area contributed by atoms with Crippen LogP contribution in [0.2, 0.25) is 0 Å². The van der Waals surface area contributed by atoms with Crippen LogP contribution < -0.4 is 9.62 Å². The van der Waals surface area contributed by atoms with Crippen molar-refractivity contribution in [1.82, 2.24) is 0 Å². The number of nitrogens with one attached hydrogen (secondary N) is 1. The number of hydrogen-bond donors (Lipinski definition) is 1. The Morgan fingerprint density at radius 3 is 2.35 bits per heavy atom. The van der Waals surface area contributed by atoms with Crippen LogP contribution >= 0.6 is 0 Å². The average Bonchev–Trinajstić information content (AvgIpc) is 2.60. The maximum atomic E-state index is 12.6. The first kappa shape index (κ1) is 17.9. The molecule has 5 nitrogen and oxygen atoms in total. The van der Waals surface area contributed by atoms with Crippen LogP contribution in [-0.4, -0.2) is 27.1 Å². The van der Waals surface area contributed by atoms with Crippen molar-refractivity contribution in [2.24, 2.45) is 0 Å². The van der Waals surface area contributed by atoms with Crippen molar-refractivity contribution in [3.05, 3.63) is 72.3 Å². The number of carbonyl (C=O) groups excluding carboxylic acids is 1. The first-order valence-electron chi connectivity index (χ1n) is 8.17. The van der Waals surface area contributed by atoms with E-state index in [0.717, 1.165) is 26.9 Å². The van der Waals surface area contributed by atoms with Gasteiger partial charge < -0.3 is 5.32 Å². The largest absolute Gasteiger partial charge is 0.324 e.